The third-order valence-corrected chi connectivity index (χ3v) is 2.93. The van der Waals surface area contributed by atoms with E-state index in [1.165, 1.54) is 0 Å². The van der Waals surface area contributed by atoms with Crippen LogP contribution in [0.5, 0.6) is 0 Å². The zero-order valence-corrected chi connectivity index (χ0v) is 10.6. The second-order valence-electron chi connectivity index (χ2n) is 4.25. The van der Waals surface area contributed by atoms with Crippen molar-refractivity contribution in [3.63, 3.8) is 0 Å². The lowest BCUT2D eigenvalue weighted by molar-refractivity contribution is 0.0528. The number of hydrogen-bond donors (Lipinski definition) is 0. The molecular weight excluding hydrogens is 244 g/mol. The lowest BCUT2D eigenvalue weighted by Crippen LogP contribution is -2.07. The van der Waals surface area contributed by atoms with E-state index >= 15 is 0 Å². The van der Waals surface area contributed by atoms with Gasteiger partial charge in [-0.3, -0.25) is 0 Å². The van der Waals surface area contributed by atoms with Gasteiger partial charge in [-0.2, -0.15) is 4.52 Å². The first-order valence-corrected chi connectivity index (χ1v) is 5.99. The van der Waals surface area contributed by atoms with Crippen LogP contribution >= 0.6 is 0 Å². The number of tetrazole rings is 1. The van der Waals surface area contributed by atoms with Gasteiger partial charge in [0.05, 0.1) is 17.7 Å². The molecule has 0 saturated carbocycles. The van der Waals surface area contributed by atoms with Crippen LogP contribution in [0, 0.1) is 6.92 Å². The van der Waals surface area contributed by atoms with Crippen molar-refractivity contribution in [1.82, 2.24) is 20.0 Å². The number of pyridine rings is 1. The largest absolute Gasteiger partial charge is 0.462 e. The molecule has 0 atom stereocenters. The number of esters is 1. The fourth-order valence-electron chi connectivity index (χ4n) is 2.09. The van der Waals surface area contributed by atoms with Crippen molar-refractivity contribution >= 4 is 22.5 Å². The number of hydrogen-bond acceptors (Lipinski definition) is 5. The minimum atomic E-state index is -0.358. The average molecular weight is 256 g/mol. The summed E-state index contributed by atoms with van der Waals surface area (Å²) >= 11 is 0. The number of nitrogens with zero attached hydrogens (tertiary/aromatic N) is 4. The van der Waals surface area contributed by atoms with E-state index < -0.39 is 0 Å². The highest BCUT2D eigenvalue weighted by Gasteiger charge is 2.15. The Hall–Kier alpha value is -2.50. The summed E-state index contributed by atoms with van der Waals surface area (Å²) in [5.74, 6) is -0.358. The second kappa shape index (κ2) is 4.31. The van der Waals surface area contributed by atoms with E-state index in [4.69, 9.17) is 4.74 Å². The fraction of sp³-hybridized carbons (Fsp3) is 0.231. The highest BCUT2D eigenvalue weighted by atomic mass is 16.5. The van der Waals surface area contributed by atoms with Gasteiger partial charge in [0.2, 0.25) is 0 Å². The zero-order chi connectivity index (χ0) is 13.4. The number of carbonyl (C=O) groups is 1. The maximum absolute atomic E-state index is 12.0. The summed E-state index contributed by atoms with van der Waals surface area (Å²) in [4.78, 5) is 12.0. The van der Waals surface area contributed by atoms with Gasteiger partial charge in [-0.15, -0.1) is 5.10 Å². The minimum absolute atomic E-state index is 0.336. The Morgan fingerprint density at radius 3 is 3.00 bits per heavy atom. The van der Waals surface area contributed by atoms with Crippen LogP contribution in [0.3, 0.4) is 0 Å². The van der Waals surface area contributed by atoms with Crippen molar-refractivity contribution in [2.45, 2.75) is 13.8 Å². The molecule has 0 aliphatic carbocycles. The molecule has 0 N–H and O–H groups in total. The molecule has 0 radical (unpaired) electrons. The third kappa shape index (κ3) is 1.81. The van der Waals surface area contributed by atoms with E-state index in [1.807, 2.05) is 25.1 Å². The number of rotatable bonds is 2. The first-order chi connectivity index (χ1) is 9.20. The monoisotopic (exact) mass is 256 g/mol. The number of benzene rings is 1. The molecule has 0 fully saturated rings. The smallest absolute Gasteiger partial charge is 0.338 e. The Morgan fingerprint density at radius 2 is 2.21 bits per heavy atom. The van der Waals surface area contributed by atoms with Crippen molar-refractivity contribution < 1.29 is 9.53 Å². The first kappa shape index (κ1) is 11.6. The molecule has 2 heterocycles. The first-order valence-electron chi connectivity index (χ1n) is 5.99. The van der Waals surface area contributed by atoms with Crippen LogP contribution < -0.4 is 0 Å². The van der Waals surface area contributed by atoms with E-state index in [0.29, 0.717) is 17.8 Å². The number of fused-ring (bicyclic) bond motifs is 3. The average Bonchev–Trinajstić information content (AvgIpc) is 2.86. The number of aryl methyl sites for hydroxylation is 1. The Balaban J connectivity index is 2.39. The molecule has 0 spiro atoms. The van der Waals surface area contributed by atoms with Gasteiger partial charge < -0.3 is 4.74 Å². The molecule has 3 aromatic rings. The van der Waals surface area contributed by atoms with Crippen LogP contribution in [0.4, 0.5) is 0 Å². The van der Waals surface area contributed by atoms with E-state index in [2.05, 4.69) is 15.5 Å². The molecule has 0 aliphatic rings. The zero-order valence-electron chi connectivity index (χ0n) is 10.6. The molecule has 96 valence electrons. The standard InChI is InChI=1S/C13H12N4O2/c1-3-19-13(18)10-7-12-14-15-16-17(12)11-5-4-8(2)6-9(10)11/h4-7H,3H2,1-2H3. The predicted molar refractivity (Wildman–Crippen MR) is 69.0 cm³/mol. The van der Waals surface area contributed by atoms with Crippen molar-refractivity contribution in [1.29, 1.82) is 0 Å². The molecule has 0 bridgehead atoms. The Bertz CT molecular complexity index is 779. The maximum atomic E-state index is 12.0. The summed E-state index contributed by atoms with van der Waals surface area (Å²) in [5.41, 5.74) is 2.86. The summed E-state index contributed by atoms with van der Waals surface area (Å²) in [6.45, 7) is 4.09. The van der Waals surface area contributed by atoms with Gasteiger partial charge in [-0.05, 0) is 36.4 Å². The SMILES string of the molecule is CCOC(=O)c1cc2nnnn2c2ccc(C)cc12. The van der Waals surface area contributed by atoms with Crippen LogP contribution in [0.1, 0.15) is 22.8 Å². The van der Waals surface area contributed by atoms with E-state index in [0.717, 1.165) is 16.5 Å². The molecule has 1 aromatic carbocycles. The summed E-state index contributed by atoms with van der Waals surface area (Å²) in [5, 5.41) is 12.2. The second-order valence-corrected chi connectivity index (χ2v) is 4.25. The number of ether oxygens (including phenoxy) is 1. The molecule has 0 aliphatic heterocycles. The quantitative estimate of drug-likeness (QED) is 0.653. The lowest BCUT2D eigenvalue weighted by atomic mass is 10.1. The van der Waals surface area contributed by atoms with Gasteiger partial charge in [-0.1, -0.05) is 11.6 Å². The number of carbonyl (C=O) groups excluding carboxylic acids is 1. The Labute approximate surface area is 109 Å². The highest BCUT2D eigenvalue weighted by molar-refractivity contribution is 6.05. The van der Waals surface area contributed by atoms with Crippen LogP contribution in [-0.2, 0) is 4.74 Å². The van der Waals surface area contributed by atoms with Gasteiger partial charge in [0, 0.05) is 11.5 Å². The molecule has 2 aromatic heterocycles. The van der Waals surface area contributed by atoms with Crippen molar-refractivity contribution in [3.8, 4) is 0 Å². The van der Waals surface area contributed by atoms with E-state index in [9.17, 15) is 4.79 Å². The van der Waals surface area contributed by atoms with Crippen LogP contribution in [0.25, 0.3) is 16.6 Å². The molecule has 0 unspecified atom stereocenters. The van der Waals surface area contributed by atoms with Crippen LogP contribution in [0.15, 0.2) is 24.3 Å². The Morgan fingerprint density at radius 1 is 1.37 bits per heavy atom. The molecule has 0 amide bonds. The molecule has 0 saturated heterocycles. The molecule has 3 rings (SSSR count). The van der Waals surface area contributed by atoms with Gasteiger partial charge in [0.1, 0.15) is 0 Å². The lowest BCUT2D eigenvalue weighted by Gasteiger charge is -2.07. The topological polar surface area (TPSA) is 69.4 Å². The molecular formula is C13H12N4O2. The van der Waals surface area contributed by atoms with Gasteiger partial charge in [0.15, 0.2) is 5.65 Å². The summed E-state index contributed by atoms with van der Waals surface area (Å²) < 4.78 is 6.69. The number of aromatic nitrogens is 4. The normalized spacial score (nSPS) is 11.1. The molecule has 6 nitrogen and oxygen atoms in total. The van der Waals surface area contributed by atoms with Crippen molar-refractivity contribution in [3.05, 3.63) is 35.4 Å². The van der Waals surface area contributed by atoms with Crippen molar-refractivity contribution in [2.24, 2.45) is 0 Å². The van der Waals surface area contributed by atoms with Gasteiger partial charge >= 0.3 is 5.97 Å². The van der Waals surface area contributed by atoms with Crippen LogP contribution in [0.2, 0.25) is 0 Å². The molecule has 6 heteroatoms. The van der Waals surface area contributed by atoms with Crippen molar-refractivity contribution in [2.75, 3.05) is 6.61 Å². The maximum Gasteiger partial charge on any atom is 0.338 e. The van der Waals surface area contributed by atoms with Crippen LogP contribution in [-0.4, -0.2) is 32.6 Å². The van der Waals surface area contributed by atoms with E-state index in [-0.39, 0.29) is 5.97 Å². The van der Waals surface area contributed by atoms with E-state index in [1.54, 1.807) is 17.5 Å². The Kier molecular flexibility index (Phi) is 2.63. The highest BCUT2D eigenvalue weighted by Crippen LogP contribution is 2.22. The summed E-state index contributed by atoms with van der Waals surface area (Å²) in [7, 11) is 0. The van der Waals surface area contributed by atoms with Gasteiger partial charge in [0.25, 0.3) is 0 Å². The minimum Gasteiger partial charge on any atom is -0.462 e. The van der Waals surface area contributed by atoms with Gasteiger partial charge in [-0.25, -0.2) is 4.79 Å². The molecule has 19 heavy (non-hydrogen) atoms. The third-order valence-electron chi connectivity index (χ3n) is 2.93. The fourth-order valence-corrected chi connectivity index (χ4v) is 2.09. The summed E-state index contributed by atoms with van der Waals surface area (Å²) in [6, 6.07) is 7.44. The summed E-state index contributed by atoms with van der Waals surface area (Å²) in [6.07, 6.45) is 0. The predicted octanol–water partition coefficient (Wildman–Crippen LogP) is 1.76.